The van der Waals surface area contributed by atoms with Gasteiger partial charge in [0.2, 0.25) is 0 Å². The van der Waals surface area contributed by atoms with Gasteiger partial charge in [-0.25, -0.2) is 0 Å². The SMILES string of the molecule is CC(C)C1CCCN1c1cc(N)ccc1C(=O)N(C)C. The van der Waals surface area contributed by atoms with Gasteiger partial charge in [0.25, 0.3) is 5.91 Å². The van der Waals surface area contributed by atoms with Crippen LogP contribution < -0.4 is 10.6 Å². The second kappa shape index (κ2) is 5.73. The molecular weight excluding hydrogens is 250 g/mol. The second-order valence-corrected chi connectivity index (χ2v) is 6.12. The normalized spacial score (nSPS) is 18.6. The second-order valence-electron chi connectivity index (χ2n) is 6.12. The predicted octanol–water partition coefficient (Wildman–Crippen LogP) is 2.60. The van der Waals surface area contributed by atoms with Crippen LogP contribution in [0.5, 0.6) is 0 Å². The van der Waals surface area contributed by atoms with Crippen LogP contribution >= 0.6 is 0 Å². The standard InChI is InChI=1S/C16H25N3O/c1-11(2)14-6-5-9-19(14)15-10-12(17)7-8-13(15)16(20)18(3)4/h7-8,10-11,14H,5-6,9,17H2,1-4H3. The fourth-order valence-corrected chi connectivity index (χ4v) is 2.99. The Bertz CT molecular complexity index is 496. The van der Waals surface area contributed by atoms with Gasteiger partial charge < -0.3 is 15.5 Å². The summed E-state index contributed by atoms with van der Waals surface area (Å²) in [5.74, 6) is 0.607. The molecule has 110 valence electrons. The lowest BCUT2D eigenvalue weighted by atomic mass is 10.0. The Morgan fingerprint density at radius 2 is 2.10 bits per heavy atom. The lowest BCUT2D eigenvalue weighted by molar-refractivity contribution is 0.0828. The first-order chi connectivity index (χ1) is 9.41. The van der Waals surface area contributed by atoms with Crippen LogP contribution in [0.3, 0.4) is 0 Å². The van der Waals surface area contributed by atoms with Gasteiger partial charge >= 0.3 is 0 Å². The quantitative estimate of drug-likeness (QED) is 0.863. The molecule has 0 aromatic heterocycles. The van der Waals surface area contributed by atoms with Gasteiger partial charge in [-0.05, 0) is 37.0 Å². The number of rotatable bonds is 3. The van der Waals surface area contributed by atoms with Crippen molar-refractivity contribution in [3.63, 3.8) is 0 Å². The summed E-state index contributed by atoms with van der Waals surface area (Å²) in [4.78, 5) is 16.3. The highest BCUT2D eigenvalue weighted by atomic mass is 16.2. The van der Waals surface area contributed by atoms with E-state index in [2.05, 4.69) is 18.7 Å². The van der Waals surface area contributed by atoms with Gasteiger partial charge in [-0.2, -0.15) is 0 Å². The Morgan fingerprint density at radius 1 is 1.40 bits per heavy atom. The van der Waals surface area contributed by atoms with Crippen molar-refractivity contribution in [2.24, 2.45) is 5.92 Å². The van der Waals surface area contributed by atoms with Crippen molar-refractivity contribution in [2.45, 2.75) is 32.7 Å². The van der Waals surface area contributed by atoms with Crippen molar-refractivity contribution in [3.05, 3.63) is 23.8 Å². The minimum absolute atomic E-state index is 0.0365. The number of hydrogen-bond donors (Lipinski definition) is 1. The van der Waals surface area contributed by atoms with Crippen LogP contribution in [-0.2, 0) is 0 Å². The van der Waals surface area contributed by atoms with E-state index in [4.69, 9.17) is 5.73 Å². The van der Waals surface area contributed by atoms with Crippen LogP contribution in [0.4, 0.5) is 11.4 Å². The van der Waals surface area contributed by atoms with Crippen LogP contribution in [-0.4, -0.2) is 37.5 Å². The molecular formula is C16H25N3O. The zero-order valence-corrected chi connectivity index (χ0v) is 12.9. The Morgan fingerprint density at radius 3 is 2.70 bits per heavy atom. The van der Waals surface area contributed by atoms with Gasteiger partial charge in [-0.3, -0.25) is 4.79 Å². The number of nitrogens with two attached hydrogens (primary N) is 1. The summed E-state index contributed by atoms with van der Waals surface area (Å²) < 4.78 is 0. The number of carbonyl (C=O) groups excluding carboxylic acids is 1. The molecule has 1 aromatic rings. The van der Waals surface area contributed by atoms with Crippen LogP contribution in [0.15, 0.2) is 18.2 Å². The fourth-order valence-electron chi connectivity index (χ4n) is 2.99. The zero-order valence-electron chi connectivity index (χ0n) is 12.9. The van der Waals surface area contributed by atoms with E-state index in [1.165, 1.54) is 12.8 Å². The Balaban J connectivity index is 2.44. The van der Waals surface area contributed by atoms with E-state index in [0.29, 0.717) is 17.6 Å². The number of anilines is 2. The third-order valence-electron chi connectivity index (χ3n) is 4.04. The lowest BCUT2D eigenvalue weighted by Crippen LogP contribution is -2.35. The molecule has 1 aliphatic heterocycles. The van der Waals surface area contributed by atoms with Crippen molar-refractivity contribution < 1.29 is 4.79 Å². The molecule has 4 heteroatoms. The number of benzene rings is 1. The van der Waals surface area contributed by atoms with Crippen molar-refractivity contribution in [2.75, 3.05) is 31.3 Å². The highest BCUT2D eigenvalue weighted by molar-refractivity contribution is 6.00. The molecule has 1 fully saturated rings. The molecule has 1 amide bonds. The smallest absolute Gasteiger partial charge is 0.255 e. The minimum atomic E-state index is 0.0365. The third-order valence-corrected chi connectivity index (χ3v) is 4.04. The summed E-state index contributed by atoms with van der Waals surface area (Å²) in [6.07, 6.45) is 2.36. The molecule has 4 nitrogen and oxygen atoms in total. The predicted molar refractivity (Wildman–Crippen MR) is 84.1 cm³/mol. The fraction of sp³-hybridized carbons (Fsp3) is 0.562. The van der Waals surface area contributed by atoms with Crippen molar-refractivity contribution in [1.82, 2.24) is 4.90 Å². The van der Waals surface area contributed by atoms with Crippen LogP contribution in [0, 0.1) is 5.92 Å². The minimum Gasteiger partial charge on any atom is -0.399 e. The van der Waals surface area contributed by atoms with Crippen molar-refractivity contribution >= 4 is 17.3 Å². The van der Waals surface area contributed by atoms with Gasteiger partial charge in [-0.15, -0.1) is 0 Å². The maximum atomic E-state index is 12.4. The highest BCUT2D eigenvalue weighted by Crippen LogP contribution is 2.33. The molecule has 0 saturated carbocycles. The van der Waals surface area contributed by atoms with Gasteiger partial charge in [0.15, 0.2) is 0 Å². The van der Waals surface area contributed by atoms with Gasteiger partial charge in [-0.1, -0.05) is 13.8 Å². The first-order valence-corrected chi connectivity index (χ1v) is 7.29. The molecule has 0 aliphatic carbocycles. The largest absolute Gasteiger partial charge is 0.399 e. The average Bonchev–Trinajstić information content (AvgIpc) is 2.86. The average molecular weight is 275 g/mol. The molecule has 1 saturated heterocycles. The lowest BCUT2D eigenvalue weighted by Gasteiger charge is -2.31. The topological polar surface area (TPSA) is 49.6 Å². The molecule has 1 unspecified atom stereocenters. The van der Waals surface area contributed by atoms with Crippen LogP contribution in [0.2, 0.25) is 0 Å². The summed E-state index contributed by atoms with van der Waals surface area (Å²) >= 11 is 0. The maximum absolute atomic E-state index is 12.4. The molecule has 1 atom stereocenters. The molecule has 1 aliphatic rings. The van der Waals surface area contributed by atoms with Crippen LogP contribution in [0.25, 0.3) is 0 Å². The van der Waals surface area contributed by atoms with E-state index in [1.54, 1.807) is 25.1 Å². The molecule has 0 spiro atoms. The summed E-state index contributed by atoms with van der Waals surface area (Å²) in [7, 11) is 3.57. The monoisotopic (exact) mass is 275 g/mol. The molecule has 2 N–H and O–H groups in total. The molecule has 0 radical (unpaired) electrons. The number of nitrogen functional groups attached to an aromatic ring is 1. The van der Waals surface area contributed by atoms with Gasteiger partial charge in [0.05, 0.1) is 11.3 Å². The Hall–Kier alpha value is -1.71. The Labute approximate surface area is 121 Å². The number of carbonyl (C=O) groups is 1. The van der Waals surface area contributed by atoms with Crippen molar-refractivity contribution in [3.8, 4) is 0 Å². The molecule has 1 aromatic carbocycles. The molecule has 20 heavy (non-hydrogen) atoms. The van der Waals surface area contributed by atoms with E-state index in [1.807, 2.05) is 12.1 Å². The van der Waals surface area contributed by atoms with Gasteiger partial charge in [0, 0.05) is 32.4 Å². The highest BCUT2D eigenvalue weighted by Gasteiger charge is 2.30. The van der Waals surface area contributed by atoms with E-state index in [9.17, 15) is 4.79 Å². The van der Waals surface area contributed by atoms with E-state index < -0.39 is 0 Å². The maximum Gasteiger partial charge on any atom is 0.255 e. The summed E-state index contributed by atoms with van der Waals surface area (Å²) in [6, 6.07) is 6.09. The van der Waals surface area contributed by atoms with Crippen LogP contribution in [0.1, 0.15) is 37.0 Å². The third kappa shape index (κ3) is 2.74. The number of amides is 1. The molecule has 2 rings (SSSR count). The summed E-state index contributed by atoms with van der Waals surface area (Å²) in [5.41, 5.74) is 8.39. The molecule has 1 heterocycles. The van der Waals surface area contributed by atoms with Gasteiger partial charge in [0.1, 0.15) is 0 Å². The van der Waals surface area contributed by atoms with E-state index >= 15 is 0 Å². The number of nitrogens with zero attached hydrogens (tertiary/aromatic N) is 2. The summed E-state index contributed by atoms with van der Waals surface area (Å²) in [5, 5.41) is 0. The zero-order chi connectivity index (χ0) is 14.9. The first-order valence-electron chi connectivity index (χ1n) is 7.29. The molecule has 0 bridgehead atoms. The first kappa shape index (κ1) is 14.7. The van der Waals surface area contributed by atoms with E-state index in [-0.39, 0.29) is 5.91 Å². The van der Waals surface area contributed by atoms with Crippen molar-refractivity contribution in [1.29, 1.82) is 0 Å². The summed E-state index contributed by atoms with van der Waals surface area (Å²) in [6.45, 7) is 5.48. The Kier molecular flexibility index (Phi) is 4.21. The van der Waals surface area contributed by atoms with E-state index in [0.717, 1.165) is 17.8 Å². The number of hydrogen-bond acceptors (Lipinski definition) is 3.